The zero-order valence-electron chi connectivity index (χ0n) is 11.6. The molecule has 3 aromatic rings. The van der Waals surface area contributed by atoms with Crippen molar-refractivity contribution < 1.29 is 9.90 Å². The molecular formula is C18H15NO2. The topological polar surface area (TPSA) is 49.3 Å². The fraction of sp³-hybridized carbons (Fsp3) is 0.0556. The van der Waals surface area contributed by atoms with Gasteiger partial charge in [0, 0.05) is 10.9 Å². The number of phenols is 1. The van der Waals surface area contributed by atoms with E-state index in [1.54, 1.807) is 30.3 Å². The van der Waals surface area contributed by atoms with E-state index in [4.69, 9.17) is 0 Å². The van der Waals surface area contributed by atoms with Crippen molar-refractivity contribution in [2.75, 3.05) is 5.32 Å². The highest BCUT2D eigenvalue weighted by Crippen LogP contribution is 2.31. The van der Waals surface area contributed by atoms with Gasteiger partial charge < -0.3 is 10.4 Å². The largest absolute Gasteiger partial charge is 0.507 e. The van der Waals surface area contributed by atoms with Gasteiger partial charge >= 0.3 is 0 Å². The minimum absolute atomic E-state index is 0.160. The van der Waals surface area contributed by atoms with Crippen molar-refractivity contribution >= 4 is 22.4 Å². The number of hydrogen-bond donors (Lipinski definition) is 2. The summed E-state index contributed by atoms with van der Waals surface area (Å²) in [6.07, 6.45) is 0. The maximum atomic E-state index is 12.3. The molecule has 0 aromatic heterocycles. The quantitative estimate of drug-likeness (QED) is 0.740. The van der Waals surface area contributed by atoms with Gasteiger partial charge in [-0.05, 0) is 36.6 Å². The third kappa shape index (κ3) is 2.58. The lowest BCUT2D eigenvalue weighted by molar-refractivity contribution is 0.102. The molecule has 0 fully saturated rings. The van der Waals surface area contributed by atoms with Gasteiger partial charge in [-0.1, -0.05) is 42.0 Å². The number of rotatable bonds is 2. The predicted molar refractivity (Wildman–Crippen MR) is 84.7 cm³/mol. The Morgan fingerprint density at radius 1 is 0.952 bits per heavy atom. The average Bonchev–Trinajstić information content (AvgIpc) is 2.48. The molecule has 0 radical (unpaired) electrons. The van der Waals surface area contributed by atoms with Crippen molar-refractivity contribution in [3.63, 3.8) is 0 Å². The number of hydrogen-bond acceptors (Lipinski definition) is 2. The van der Waals surface area contributed by atoms with E-state index in [0.717, 1.165) is 10.9 Å². The second-order valence-electron chi connectivity index (χ2n) is 5.00. The number of nitrogens with one attached hydrogen (secondary N) is 1. The molecule has 0 spiro atoms. The Morgan fingerprint density at radius 3 is 2.33 bits per heavy atom. The molecule has 3 rings (SSSR count). The molecule has 3 heteroatoms. The Hall–Kier alpha value is -2.81. The lowest BCUT2D eigenvalue weighted by Crippen LogP contribution is -2.12. The van der Waals surface area contributed by atoms with Crippen molar-refractivity contribution in [2.24, 2.45) is 0 Å². The number of carbonyl (C=O) groups is 1. The van der Waals surface area contributed by atoms with Gasteiger partial charge in [0.2, 0.25) is 0 Å². The highest BCUT2D eigenvalue weighted by molar-refractivity contribution is 6.10. The van der Waals surface area contributed by atoms with E-state index in [1.165, 1.54) is 0 Å². The molecule has 21 heavy (non-hydrogen) atoms. The molecule has 2 N–H and O–H groups in total. The molecule has 0 heterocycles. The average molecular weight is 277 g/mol. The van der Waals surface area contributed by atoms with Crippen LogP contribution in [0.15, 0.2) is 60.7 Å². The minimum atomic E-state index is -0.189. The van der Waals surface area contributed by atoms with Gasteiger partial charge in [0.15, 0.2) is 0 Å². The Kier molecular flexibility index (Phi) is 3.32. The lowest BCUT2D eigenvalue weighted by atomic mass is 10.1. The Balaban J connectivity index is 1.98. The maximum Gasteiger partial charge on any atom is 0.255 e. The van der Waals surface area contributed by atoms with E-state index in [1.807, 2.05) is 37.3 Å². The normalized spacial score (nSPS) is 10.5. The van der Waals surface area contributed by atoms with E-state index in [2.05, 4.69) is 5.32 Å². The van der Waals surface area contributed by atoms with E-state index in [-0.39, 0.29) is 11.7 Å². The van der Waals surface area contributed by atoms with Gasteiger partial charge in [-0.2, -0.15) is 0 Å². The van der Waals surface area contributed by atoms with Crippen molar-refractivity contribution in [3.05, 3.63) is 71.8 Å². The van der Waals surface area contributed by atoms with E-state index < -0.39 is 0 Å². The molecule has 1 amide bonds. The molecule has 3 nitrogen and oxygen atoms in total. The van der Waals surface area contributed by atoms with Crippen LogP contribution in [0.3, 0.4) is 0 Å². The number of aryl methyl sites for hydroxylation is 1. The fourth-order valence-electron chi connectivity index (χ4n) is 2.32. The molecule has 0 bridgehead atoms. The van der Waals surface area contributed by atoms with Crippen molar-refractivity contribution in [2.45, 2.75) is 6.92 Å². The summed E-state index contributed by atoms with van der Waals surface area (Å²) in [5.41, 5.74) is 2.30. The maximum absolute atomic E-state index is 12.3. The summed E-state index contributed by atoms with van der Waals surface area (Å²) in [6, 6.07) is 18.2. The van der Waals surface area contributed by atoms with Crippen LogP contribution in [0.2, 0.25) is 0 Å². The number of carbonyl (C=O) groups excluding carboxylic acids is 1. The number of benzene rings is 3. The van der Waals surface area contributed by atoms with Crippen LogP contribution >= 0.6 is 0 Å². The van der Waals surface area contributed by atoms with Crippen molar-refractivity contribution in [3.8, 4) is 5.75 Å². The van der Waals surface area contributed by atoms with Crippen LogP contribution in [0.5, 0.6) is 5.75 Å². The minimum Gasteiger partial charge on any atom is -0.507 e. The Bertz CT molecular complexity index is 802. The first-order valence-electron chi connectivity index (χ1n) is 6.74. The molecule has 0 saturated heterocycles. The third-order valence-electron chi connectivity index (χ3n) is 3.44. The Morgan fingerprint density at radius 2 is 1.62 bits per heavy atom. The summed E-state index contributed by atoms with van der Waals surface area (Å²) in [7, 11) is 0. The number of fused-ring (bicyclic) bond motifs is 1. The first kappa shape index (κ1) is 13.2. The first-order valence-corrected chi connectivity index (χ1v) is 6.74. The summed E-state index contributed by atoms with van der Waals surface area (Å²) in [4.78, 5) is 12.3. The SMILES string of the molecule is Cc1ccc(C(=O)Nc2cccc3cccc(O)c23)cc1. The fourth-order valence-corrected chi connectivity index (χ4v) is 2.32. The molecule has 0 unspecified atom stereocenters. The van der Waals surface area contributed by atoms with Crippen LogP contribution in [0.25, 0.3) is 10.8 Å². The molecule has 0 saturated carbocycles. The van der Waals surface area contributed by atoms with E-state index in [0.29, 0.717) is 16.6 Å². The molecule has 0 aliphatic rings. The molecule has 0 atom stereocenters. The van der Waals surface area contributed by atoms with Crippen LogP contribution in [-0.2, 0) is 0 Å². The van der Waals surface area contributed by atoms with E-state index in [9.17, 15) is 9.90 Å². The zero-order chi connectivity index (χ0) is 14.8. The highest BCUT2D eigenvalue weighted by atomic mass is 16.3. The van der Waals surface area contributed by atoms with Crippen molar-refractivity contribution in [1.82, 2.24) is 0 Å². The van der Waals surface area contributed by atoms with Crippen LogP contribution in [0.1, 0.15) is 15.9 Å². The predicted octanol–water partition coefficient (Wildman–Crippen LogP) is 4.11. The van der Waals surface area contributed by atoms with Crippen LogP contribution in [0.4, 0.5) is 5.69 Å². The second-order valence-corrected chi connectivity index (χ2v) is 5.00. The molecular weight excluding hydrogens is 262 g/mol. The monoisotopic (exact) mass is 277 g/mol. The summed E-state index contributed by atoms with van der Waals surface area (Å²) < 4.78 is 0. The second kappa shape index (κ2) is 5.29. The highest BCUT2D eigenvalue weighted by Gasteiger charge is 2.10. The van der Waals surface area contributed by atoms with Crippen LogP contribution in [0, 0.1) is 6.92 Å². The smallest absolute Gasteiger partial charge is 0.255 e. The van der Waals surface area contributed by atoms with Crippen LogP contribution in [-0.4, -0.2) is 11.0 Å². The van der Waals surface area contributed by atoms with Crippen LogP contribution < -0.4 is 5.32 Å². The van der Waals surface area contributed by atoms with Gasteiger partial charge in [-0.15, -0.1) is 0 Å². The van der Waals surface area contributed by atoms with Gasteiger partial charge in [0.05, 0.1) is 5.69 Å². The van der Waals surface area contributed by atoms with Crippen molar-refractivity contribution in [1.29, 1.82) is 0 Å². The summed E-state index contributed by atoms with van der Waals surface area (Å²) >= 11 is 0. The third-order valence-corrected chi connectivity index (χ3v) is 3.44. The van der Waals surface area contributed by atoms with Gasteiger partial charge in [0.25, 0.3) is 5.91 Å². The van der Waals surface area contributed by atoms with E-state index >= 15 is 0 Å². The zero-order valence-corrected chi connectivity index (χ0v) is 11.6. The van der Waals surface area contributed by atoms with Gasteiger partial charge in [-0.25, -0.2) is 0 Å². The molecule has 104 valence electrons. The number of anilines is 1. The standard InChI is InChI=1S/C18H15NO2/c1-12-8-10-14(11-9-12)18(21)19-15-6-2-4-13-5-3-7-16(20)17(13)15/h2-11,20H,1H3,(H,19,21). The summed E-state index contributed by atoms with van der Waals surface area (Å²) in [5.74, 6) is -0.0296. The summed E-state index contributed by atoms with van der Waals surface area (Å²) in [5, 5.41) is 14.4. The number of amides is 1. The Labute approximate surface area is 122 Å². The molecule has 0 aliphatic heterocycles. The lowest BCUT2D eigenvalue weighted by Gasteiger charge is -2.10. The molecule has 3 aromatic carbocycles. The number of aromatic hydroxyl groups is 1. The number of phenolic OH excluding ortho intramolecular Hbond substituents is 1. The first-order chi connectivity index (χ1) is 10.1. The van der Waals surface area contributed by atoms with Gasteiger partial charge in [-0.3, -0.25) is 4.79 Å². The van der Waals surface area contributed by atoms with Gasteiger partial charge in [0.1, 0.15) is 5.75 Å². The molecule has 0 aliphatic carbocycles. The summed E-state index contributed by atoms with van der Waals surface area (Å²) in [6.45, 7) is 1.98.